The maximum Gasteiger partial charge on any atom is 0.416 e. The van der Waals surface area contributed by atoms with Gasteiger partial charge in [-0.25, -0.2) is 4.98 Å². The van der Waals surface area contributed by atoms with Crippen LogP contribution in [0.2, 0.25) is 5.02 Å². The summed E-state index contributed by atoms with van der Waals surface area (Å²) in [4.78, 5) is 18.9. The number of benzene rings is 1. The third-order valence-corrected chi connectivity index (χ3v) is 4.99. The van der Waals surface area contributed by atoms with Gasteiger partial charge in [-0.1, -0.05) is 18.5 Å². The number of hydrogen-bond donors (Lipinski definition) is 1. The molecule has 27 heavy (non-hydrogen) atoms. The van der Waals surface area contributed by atoms with Crippen LogP contribution in [0.15, 0.2) is 36.5 Å². The van der Waals surface area contributed by atoms with Crippen LogP contribution in [0.25, 0.3) is 0 Å². The van der Waals surface area contributed by atoms with Crippen molar-refractivity contribution >= 4 is 29.0 Å². The van der Waals surface area contributed by atoms with Crippen molar-refractivity contribution in [2.75, 3.05) is 23.3 Å². The SMILES string of the molecule is CC1CCN(c2cc(C(=O)Nc3cc(C(F)(F)F)ccc3Cl)ccn2)CC1. The van der Waals surface area contributed by atoms with Gasteiger partial charge in [0.1, 0.15) is 5.82 Å². The molecule has 144 valence electrons. The maximum absolute atomic E-state index is 12.9. The molecule has 1 aromatic heterocycles. The Hall–Kier alpha value is -2.28. The Morgan fingerprint density at radius 3 is 2.59 bits per heavy atom. The molecule has 2 aromatic rings. The van der Waals surface area contributed by atoms with Crippen molar-refractivity contribution in [1.82, 2.24) is 4.98 Å². The molecule has 1 aromatic carbocycles. The average Bonchev–Trinajstić information content (AvgIpc) is 2.63. The first-order valence-electron chi connectivity index (χ1n) is 8.63. The highest BCUT2D eigenvalue weighted by atomic mass is 35.5. The number of alkyl halides is 3. The van der Waals surface area contributed by atoms with E-state index in [1.165, 1.54) is 12.3 Å². The van der Waals surface area contributed by atoms with Crippen LogP contribution in [-0.4, -0.2) is 24.0 Å². The number of nitrogens with one attached hydrogen (secondary N) is 1. The van der Waals surface area contributed by atoms with Crippen molar-refractivity contribution in [1.29, 1.82) is 0 Å². The van der Waals surface area contributed by atoms with E-state index in [1.807, 2.05) is 0 Å². The number of aromatic nitrogens is 1. The minimum atomic E-state index is -4.51. The van der Waals surface area contributed by atoms with E-state index in [9.17, 15) is 18.0 Å². The summed E-state index contributed by atoms with van der Waals surface area (Å²) in [7, 11) is 0. The van der Waals surface area contributed by atoms with E-state index in [1.54, 1.807) is 6.07 Å². The van der Waals surface area contributed by atoms with Gasteiger partial charge in [0.2, 0.25) is 0 Å². The molecule has 2 heterocycles. The third kappa shape index (κ3) is 4.71. The van der Waals surface area contributed by atoms with Crippen LogP contribution in [0.1, 0.15) is 35.7 Å². The molecule has 8 heteroatoms. The van der Waals surface area contributed by atoms with Gasteiger partial charge in [0, 0.05) is 24.8 Å². The van der Waals surface area contributed by atoms with Gasteiger partial charge < -0.3 is 10.2 Å². The van der Waals surface area contributed by atoms with Gasteiger partial charge in [-0.2, -0.15) is 13.2 Å². The smallest absolute Gasteiger partial charge is 0.357 e. The topological polar surface area (TPSA) is 45.2 Å². The standard InChI is InChI=1S/C19H19ClF3N3O/c1-12-5-8-26(9-6-12)17-10-13(4-7-24-17)18(27)25-16-11-14(19(21,22)23)2-3-15(16)20/h2-4,7,10-12H,5-6,8-9H2,1H3,(H,25,27). The minimum absolute atomic E-state index is 0.0376. The number of hydrogen-bond acceptors (Lipinski definition) is 3. The summed E-state index contributed by atoms with van der Waals surface area (Å²) in [6.45, 7) is 3.92. The van der Waals surface area contributed by atoms with E-state index in [-0.39, 0.29) is 10.7 Å². The first-order chi connectivity index (χ1) is 12.7. The van der Waals surface area contributed by atoms with Crippen molar-refractivity contribution < 1.29 is 18.0 Å². The molecule has 1 aliphatic heterocycles. The van der Waals surface area contributed by atoms with E-state index in [0.29, 0.717) is 17.3 Å². The van der Waals surface area contributed by atoms with Crippen LogP contribution in [0.3, 0.4) is 0 Å². The zero-order chi connectivity index (χ0) is 19.6. The number of carbonyl (C=O) groups excluding carboxylic acids is 1. The van der Waals surface area contributed by atoms with E-state index < -0.39 is 17.6 Å². The molecule has 0 radical (unpaired) electrons. The number of amides is 1. The predicted octanol–water partition coefficient (Wildman–Crippen LogP) is 5.24. The lowest BCUT2D eigenvalue weighted by atomic mass is 9.99. The van der Waals surface area contributed by atoms with Crippen LogP contribution in [-0.2, 0) is 6.18 Å². The van der Waals surface area contributed by atoms with E-state index in [4.69, 9.17) is 11.6 Å². The Balaban J connectivity index is 1.78. The molecular formula is C19H19ClF3N3O. The quantitative estimate of drug-likeness (QED) is 0.770. The number of halogens is 4. The molecule has 1 saturated heterocycles. The number of rotatable bonds is 3. The van der Waals surface area contributed by atoms with Crippen LogP contribution in [0.4, 0.5) is 24.7 Å². The normalized spacial score (nSPS) is 15.7. The van der Waals surface area contributed by atoms with Crippen molar-refractivity contribution in [2.45, 2.75) is 25.9 Å². The van der Waals surface area contributed by atoms with Gasteiger partial charge in [0.25, 0.3) is 5.91 Å². The second-order valence-corrected chi connectivity index (χ2v) is 7.13. The predicted molar refractivity (Wildman–Crippen MR) is 99.3 cm³/mol. The summed E-state index contributed by atoms with van der Waals surface area (Å²) in [5.74, 6) is 0.811. The fourth-order valence-electron chi connectivity index (χ4n) is 2.96. The molecule has 1 amide bonds. The lowest BCUT2D eigenvalue weighted by Crippen LogP contribution is -2.33. The summed E-state index contributed by atoms with van der Waals surface area (Å²) in [5, 5.41) is 2.50. The van der Waals surface area contributed by atoms with Crippen LogP contribution < -0.4 is 10.2 Å². The highest BCUT2D eigenvalue weighted by Crippen LogP contribution is 2.34. The van der Waals surface area contributed by atoms with Crippen molar-refractivity contribution in [2.24, 2.45) is 5.92 Å². The molecule has 0 aliphatic carbocycles. The first kappa shape index (κ1) is 19.5. The Kier molecular flexibility index (Phi) is 5.60. The average molecular weight is 398 g/mol. The summed E-state index contributed by atoms with van der Waals surface area (Å²) in [6.07, 6.45) is -0.884. The lowest BCUT2D eigenvalue weighted by molar-refractivity contribution is -0.137. The first-order valence-corrected chi connectivity index (χ1v) is 9.01. The molecule has 0 atom stereocenters. The van der Waals surface area contributed by atoms with Crippen LogP contribution in [0.5, 0.6) is 0 Å². The van der Waals surface area contributed by atoms with Gasteiger partial charge in [0.05, 0.1) is 16.3 Å². The Morgan fingerprint density at radius 2 is 1.93 bits per heavy atom. The number of nitrogens with zero attached hydrogens (tertiary/aromatic N) is 2. The molecule has 4 nitrogen and oxygen atoms in total. The molecule has 0 bridgehead atoms. The summed E-state index contributed by atoms with van der Waals surface area (Å²) >= 11 is 5.94. The molecule has 1 fully saturated rings. The van der Waals surface area contributed by atoms with E-state index in [0.717, 1.165) is 44.1 Å². The van der Waals surface area contributed by atoms with Gasteiger partial charge in [-0.15, -0.1) is 0 Å². The highest BCUT2D eigenvalue weighted by Gasteiger charge is 2.31. The molecule has 0 unspecified atom stereocenters. The monoisotopic (exact) mass is 397 g/mol. The number of anilines is 2. The Morgan fingerprint density at radius 1 is 1.22 bits per heavy atom. The van der Waals surface area contributed by atoms with Crippen molar-refractivity contribution in [3.8, 4) is 0 Å². The lowest BCUT2D eigenvalue weighted by Gasteiger charge is -2.31. The van der Waals surface area contributed by atoms with Crippen LogP contribution >= 0.6 is 11.6 Å². The Labute approximate surface area is 160 Å². The summed E-state index contributed by atoms with van der Waals surface area (Å²) in [5.41, 5.74) is -0.645. The molecule has 0 saturated carbocycles. The van der Waals surface area contributed by atoms with E-state index in [2.05, 4.69) is 22.1 Å². The third-order valence-electron chi connectivity index (χ3n) is 4.66. The fraction of sp³-hybridized carbons (Fsp3) is 0.368. The highest BCUT2D eigenvalue weighted by molar-refractivity contribution is 6.34. The van der Waals surface area contributed by atoms with Gasteiger partial charge in [0.15, 0.2) is 0 Å². The Bertz CT molecular complexity index is 833. The molecule has 3 rings (SSSR count). The van der Waals surface area contributed by atoms with Crippen molar-refractivity contribution in [3.05, 3.63) is 52.7 Å². The van der Waals surface area contributed by atoms with Crippen molar-refractivity contribution in [3.63, 3.8) is 0 Å². The maximum atomic E-state index is 12.9. The number of pyridine rings is 1. The second kappa shape index (κ2) is 7.76. The van der Waals surface area contributed by atoms with E-state index >= 15 is 0 Å². The number of piperidine rings is 1. The molecule has 0 spiro atoms. The molecule has 1 aliphatic rings. The van der Waals surface area contributed by atoms with Crippen LogP contribution in [0, 0.1) is 5.92 Å². The minimum Gasteiger partial charge on any atom is -0.357 e. The summed E-state index contributed by atoms with van der Waals surface area (Å²) < 4.78 is 38.6. The zero-order valence-electron chi connectivity index (χ0n) is 14.7. The second-order valence-electron chi connectivity index (χ2n) is 6.72. The molecular weight excluding hydrogens is 379 g/mol. The van der Waals surface area contributed by atoms with Gasteiger partial charge in [-0.05, 0) is 49.1 Å². The largest absolute Gasteiger partial charge is 0.416 e. The number of carbonyl (C=O) groups is 1. The summed E-state index contributed by atoms with van der Waals surface area (Å²) in [6, 6.07) is 5.99. The molecule has 1 N–H and O–H groups in total. The fourth-order valence-corrected chi connectivity index (χ4v) is 3.13. The van der Waals surface area contributed by atoms with Gasteiger partial charge >= 0.3 is 6.18 Å². The zero-order valence-corrected chi connectivity index (χ0v) is 15.4. The van der Waals surface area contributed by atoms with Gasteiger partial charge in [-0.3, -0.25) is 4.79 Å².